The summed E-state index contributed by atoms with van der Waals surface area (Å²) in [6, 6.07) is 12.1. The van der Waals surface area contributed by atoms with E-state index in [1.165, 1.54) is 18.4 Å². The van der Waals surface area contributed by atoms with Crippen LogP contribution < -0.4 is 20.7 Å². The summed E-state index contributed by atoms with van der Waals surface area (Å²) < 4.78 is 11.4. The van der Waals surface area contributed by atoms with Crippen molar-refractivity contribution >= 4 is 44.3 Å². The number of anilines is 2. The fourth-order valence-electron chi connectivity index (χ4n) is 2.73. The van der Waals surface area contributed by atoms with Crippen molar-refractivity contribution < 1.29 is 19.1 Å². The number of fused-ring (bicyclic) bond motifs is 1. The Morgan fingerprint density at radius 1 is 1.13 bits per heavy atom. The van der Waals surface area contributed by atoms with Crippen LogP contribution in [-0.4, -0.2) is 43.8 Å². The second kappa shape index (κ2) is 10.6. The molecule has 0 atom stereocenters. The first kappa shape index (κ1) is 21.5. The van der Waals surface area contributed by atoms with E-state index >= 15 is 0 Å². The van der Waals surface area contributed by atoms with Gasteiger partial charge in [-0.25, -0.2) is 9.78 Å². The van der Waals surface area contributed by atoms with Gasteiger partial charge in [-0.1, -0.05) is 29.5 Å². The van der Waals surface area contributed by atoms with Crippen LogP contribution in [0.1, 0.15) is 23.7 Å². The average molecular weight is 429 g/mol. The van der Waals surface area contributed by atoms with Crippen molar-refractivity contribution in [2.75, 3.05) is 37.5 Å². The maximum Gasteiger partial charge on any atom is 0.319 e. The first-order chi connectivity index (χ1) is 14.6. The molecule has 0 saturated carbocycles. The number of aromatic nitrogens is 1. The first-order valence-corrected chi connectivity index (χ1v) is 10.4. The van der Waals surface area contributed by atoms with Crippen LogP contribution in [-0.2, 0) is 4.74 Å². The minimum atomic E-state index is -0.310. The zero-order chi connectivity index (χ0) is 21.3. The highest BCUT2D eigenvalue weighted by Gasteiger charge is 2.14. The summed E-state index contributed by atoms with van der Waals surface area (Å²) in [5.74, 6) is 0.272. The molecular weight excluding hydrogens is 404 g/mol. The summed E-state index contributed by atoms with van der Waals surface area (Å²) in [5.41, 5.74) is 1.74. The van der Waals surface area contributed by atoms with Gasteiger partial charge in [0.15, 0.2) is 5.13 Å². The van der Waals surface area contributed by atoms with Crippen LogP contribution >= 0.6 is 11.3 Å². The van der Waals surface area contributed by atoms with Gasteiger partial charge in [-0.3, -0.25) is 10.1 Å². The number of carbonyl (C=O) groups is 2. The minimum absolute atomic E-state index is 0.238. The van der Waals surface area contributed by atoms with Gasteiger partial charge in [-0.2, -0.15) is 0 Å². The summed E-state index contributed by atoms with van der Waals surface area (Å²) in [6.07, 6.45) is 0.739. The Morgan fingerprint density at radius 3 is 2.67 bits per heavy atom. The van der Waals surface area contributed by atoms with Crippen molar-refractivity contribution in [3.05, 3.63) is 48.0 Å². The molecule has 0 aliphatic heterocycles. The van der Waals surface area contributed by atoms with Gasteiger partial charge in [0.25, 0.3) is 5.91 Å². The highest BCUT2D eigenvalue weighted by atomic mass is 32.1. The number of amides is 3. The predicted molar refractivity (Wildman–Crippen MR) is 119 cm³/mol. The summed E-state index contributed by atoms with van der Waals surface area (Å²) in [4.78, 5) is 29.0. The van der Waals surface area contributed by atoms with E-state index in [0.717, 1.165) is 11.1 Å². The van der Waals surface area contributed by atoms with Crippen molar-refractivity contribution in [2.24, 2.45) is 0 Å². The topological polar surface area (TPSA) is 102 Å². The standard InChI is InChI=1S/C21H24N4O4S/c1-3-29-11-7-10-22-20(27)23-15-12-16(28-2)18-17(13-15)30-21(24-18)25-19(26)14-8-5-4-6-9-14/h4-6,8-9,12-13H,3,7,10-11H2,1-2H3,(H2,22,23,27)(H,24,25,26). The molecule has 3 rings (SSSR count). The molecule has 0 fully saturated rings. The van der Waals surface area contributed by atoms with Crippen molar-refractivity contribution in [3.8, 4) is 5.75 Å². The summed E-state index contributed by atoms with van der Waals surface area (Å²) in [6.45, 7) is 3.71. The van der Waals surface area contributed by atoms with E-state index in [2.05, 4.69) is 20.9 Å². The number of benzene rings is 2. The molecule has 30 heavy (non-hydrogen) atoms. The Morgan fingerprint density at radius 2 is 1.93 bits per heavy atom. The molecule has 0 aliphatic carbocycles. The number of carbonyl (C=O) groups excluding carboxylic acids is 2. The van der Waals surface area contributed by atoms with E-state index in [1.807, 2.05) is 13.0 Å². The van der Waals surface area contributed by atoms with Gasteiger partial charge >= 0.3 is 6.03 Å². The smallest absolute Gasteiger partial charge is 0.319 e. The summed E-state index contributed by atoms with van der Waals surface area (Å²) >= 11 is 1.31. The Labute approximate surface area is 178 Å². The van der Waals surface area contributed by atoms with Crippen molar-refractivity contribution in [3.63, 3.8) is 0 Å². The lowest BCUT2D eigenvalue weighted by Gasteiger charge is -2.09. The molecule has 3 aromatic rings. The van der Waals surface area contributed by atoms with Gasteiger partial charge < -0.3 is 20.1 Å². The predicted octanol–water partition coefficient (Wildman–Crippen LogP) is 4.11. The molecule has 0 spiro atoms. The molecule has 0 aliphatic rings. The summed E-state index contributed by atoms with van der Waals surface area (Å²) in [7, 11) is 1.54. The number of hydrogen-bond acceptors (Lipinski definition) is 6. The second-order valence-electron chi connectivity index (χ2n) is 6.30. The third-order valence-corrected chi connectivity index (χ3v) is 5.07. The van der Waals surface area contributed by atoms with Gasteiger partial charge in [-0.15, -0.1) is 0 Å². The van der Waals surface area contributed by atoms with Gasteiger partial charge in [0, 0.05) is 37.1 Å². The first-order valence-electron chi connectivity index (χ1n) is 9.58. The van der Waals surface area contributed by atoms with E-state index in [-0.39, 0.29) is 11.9 Å². The SMILES string of the molecule is CCOCCCNC(=O)Nc1cc(OC)c2nc(NC(=O)c3ccccc3)sc2c1. The Hall–Kier alpha value is -3.17. The third kappa shape index (κ3) is 5.68. The van der Waals surface area contributed by atoms with Crippen LogP contribution in [0.2, 0.25) is 0 Å². The van der Waals surface area contributed by atoms with Crippen LogP contribution in [0.25, 0.3) is 10.2 Å². The normalized spacial score (nSPS) is 10.6. The number of ether oxygens (including phenoxy) is 2. The van der Waals surface area contributed by atoms with Gasteiger partial charge in [0.2, 0.25) is 0 Å². The van der Waals surface area contributed by atoms with E-state index < -0.39 is 0 Å². The fourth-order valence-corrected chi connectivity index (χ4v) is 3.65. The maximum atomic E-state index is 12.4. The van der Waals surface area contributed by atoms with Crippen LogP contribution in [0.3, 0.4) is 0 Å². The van der Waals surface area contributed by atoms with E-state index in [0.29, 0.717) is 47.4 Å². The molecular formula is C21H24N4O4S. The largest absolute Gasteiger partial charge is 0.494 e. The molecule has 1 aromatic heterocycles. The van der Waals surface area contributed by atoms with E-state index in [4.69, 9.17) is 9.47 Å². The number of rotatable bonds is 9. The molecule has 3 amide bonds. The van der Waals surface area contributed by atoms with Crippen LogP contribution in [0.5, 0.6) is 5.75 Å². The Balaban J connectivity index is 1.69. The molecule has 0 unspecified atom stereocenters. The molecule has 0 bridgehead atoms. The van der Waals surface area contributed by atoms with Crippen molar-refractivity contribution in [2.45, 2.75) is 13.3 Å². The van der Waals surface area contributed by atoms with Gasteiger partial charge in [-0.05, 0) is 31.5 Å². The van der Waals surface area contributed by atoms with Gasteiger partial charge in [0.05, 0.1) is 11.8 Å². The number of methoxy groups -OCH3 is 1. The lowest BCUT2D eigenvalue weighted by atomic mass is 10.2. The van der Waals surface area contributed by atoms with Crippen molar-refractivity contribution in [1.29, 1.82) is 0 Å². The number of hydrogen-bond donors (Lipinski definition) is 3. The van der Waals surface area contributed by atoms with Crippen LogP contribution in [0.4, 0.5) is 15.6 Å². The lowest BCUT2D eigenvalue weighted by Crippen LogP contribution is -2.30. The monoisotopic (exact) mass is 428 g/mol. The highest BCUT2D eigenvalue weighted by molar-refractivity contribution is 7.22. The Bertz CT molecular complexity index is 1010. The summed E-state index contributed by atoms with van der Waals surface area (Å²) in [5, 5.41) is 8.84. The molecule has 8 nitrogen and oxygen atoms in total. The van der Waals surface area contributed by atoms with Crippen LogP contribution in [0, 0.1) is 0 Å². The number of nitrogens with one attached hydrogen (secondary N) is 3. The van der Waals surface area contributed by atoms with Crippen molar-refractivity contribution in [1.82, 2.24) is 10.3 Å². The molecule has 0 saturated heterocycles. The molecule has 2 aromatic carbocycles. The quantitative estimate of drug-likeness (QED) is 0.445. The van der Waals surface area contributed by atoms with Crippen LogP contribution in [0.15, 0.2) is 42.5 Å². The Kier molecular flexibility index (Phi) is 7.58. The lowest BCUT2D eigenvalue weighted by molar-refractivity contribution is 0.102. The zero-order valence-electron chi connectivity index (χ0n) is 16.9. The minimum Gasteiger partial charge on any atom is -0.494 e. The van der Waals surface area contributed by atoms with E-state index in [1.54, 1.807) is 36.4 Å². The number of thiazole rings is 1. The molecule has 3 N–H and O–H groups in total. The number of nitrogens with zero attached hydrogens (tertiary/aromatic N) is 1. The highest BCUT2D eigenvalue weighted by Crippen LogP contribution is 2.35. The molecule has 158 valence electrons. The van der Waals surface area contributed by atoms with Gasteiger partial charge in [0.1, 0.15) is 11.3 Å². The fraction of sp³-hybridized carbons (Fsp3) is 0.286. The molecule has 0 radical (unpaired) electrons. The maximum absolute atomic E-state index is 12.4. The molecule has 9 heteroatoms. The number of urea groups is 1. The zero-order valence-corrected chi connectivity index (χ0v) is 17.7. The third-order valence-electron chi connectivity index (χ3n) is 4.15. The average Bonchev–Trinajstić information content (AvgIpc) is 3.15. The second-order valence-corrected chi connectivity index (χ2v) is 7.33. The molecule has 1 heterocycles. The van der Waals surface area contributed by atoms with E-state index in [9.17, 15) is 9.59 Å².